The minimum Gasteiger partial charge on any atom is -0.392 e. The largest absolute Gasteiger partial charge is 0.392 e. The fourth-order valence-electron chi connectivity index (χ4n) is 1.64. The SMILES string of the molecule is O=C1C[C@H]2C[C@H](O)CN2N1. The molecule has 2 heterocycles. The number of rotatable bonds is 0. The summed E-state index contributed by atoms with van der Waals surface area (Å²) < 4.78 is 0. The molecule has 0 unspecified atom stereocenters. The topological polar surface area (TPSA) is 52.6 Å². The number of nitrogens with one attached hydrogen (secondary N) is 1. The van der Waals surface area contributed by atoms with Gasteiger partial charge < -0.3 is 5.11 Å². The Morgan fingerprint density at radius 2 is 2.50 bits per heavy atom. The fourth-order valence-corrected chi connectivity index (χ4v) is 1.64. The second kappa shape index (κ2) is 1.93. The van der Waals surface area contributed by atoms with Crippen molar-refractivity contribution in [2.45, 2.75) is 25.0 Å². The smallest absolute Gasteiger partial charge is 0.235 e. The van der Waals surface area contributed by atoms with Crippen molar-refractivity contribution in [3.05, 3.63) is 0 Å². The van der Waals surface area contributed by atoms with Crippen molar-refractivity contribution >= 4 is 5.91 Å². The first kappa shape index (κ1) is 6.12. The Kier molecular flexibility index (Phi) is 1.18. The van der Waals surface area contributed by atoms with Crippen LogP contribution in [0.2, 0.25) is 0 Å². The Morgan fingerprint density at radius 1 is 1.70 bits per heavy atom. The average molecular weight is 142 g/mol. The van der Waals surface area contributed by atoms with Gasteiger partial charge in [-0.15, -0.1) is 0 Å². The third-order valence-electron chi connectivity index (χ3n) is 2.08. The number of nitrogens with zero attached hydrogens (tertiary/aromatic N) is 1. The van der Waals surface area contributed by atoms with Gasteiger partial charge in [-0.2, -0.15) is 0 Å². The number of amides is 1. The predicted octanol–water partition coefficient (Wildman–Crippen LogP) is -1.14. The van der Waals surface area contributed by atoms with E-state index in [1.807, 2.05) is 5.01 Å². The number of aliphatic hydroxyl groups is 1. The highest BCUT2D eigenvalue weighted by atomic mass is 16.3. The summed E-state index contributed by atoms with van der Waals surface area (Å²) in [6.45, 7) is 0.594. The summed E-state index contributed by atoms with van der Waals surface area (Å²) in [5.74, 6) is 0.0805. The van der Waals surface area contributed by atoms with Crippen LogP contribution in [0.5, 0.6) is 0 Å². The lowest BCUT2D eigenvalue weighted by Crippen LogP contribution is -2.35. The Labute approximate surface area is 58.8 Å². The van der Waals surface area contributed by atoms with E-state index in [-0.39, 0.29) is 18.1 Å². The summed E-state index contributed by atoms with van der Waals surface area (Å²) in [7, 11) is 0. The van der Waals surface area contributed by atoms with Gasteiger partial charge in [0, 0.05) is 19.0 Å². The van der Waals surface area contributed by atoms with E-state index in [1.165, 1.54) is 0 Å². The normalized spacial score (nSPS) is 39.9. The molecule has 0 aromatic rings. The molecule has 0 aromatic carbocycles. The number of aliphatic hydroxyl groups excluding tert-OH is 1. The van der Waals surface area contributed by atoms with Gasteiger partial charge in [-0.1, -0.05) is 0 Å². The number of carbonyl (C=O) groups excluding carboxylic acids is 1. The lowest BCUT2D eigenvalue weighted by Gasteiger charge is -2.11. The molecule has 2 aliphatic heterocycles. The van der Waals surface area contributed by atoms with E-state index in [4.69, 9.17) is 5.11 Å². The molecule has 2 fully saturated rings. The Hall–Kier alpha value is -0.610. The van der Waals surface area contributed by atoms with Crippen LogP contribution in [0.3, 0.4) is 0 Å². The van der Waals surface area contributed by atoms with Gasteiger partial charge in [0.15, 0.2) is 0 Å². The lowest BCUT2D eigenvalue weighted by molar-refractivity contribution is -0.121. The van der Waals surface area contributed by atoms with E-state index in [2.05, 4.69) is 5.43 Å². The first-order valence-corrected chi connectivity index (χ1v) is 3.50. The minimum atomic E-state index is -0.245. The number of hydrazine groups is 1. The molecule has 56 valence electrons. The molecule has 0 bridgehead atoms. The Bertz CT molecular complexity index is 155. The summed E-state index contributed by atoms with van der Waals surface area (Å²) in [5.41, 5.74) is 2.68. The number of hydrogen-bond acceptors (Lipinski definition) is 3. The third-order valence-corrected chi connectivity index (χ3v) is 2.08. The number of hydrogen-bond donors (Lipinski definition) is 2. The Balaban J connectivity index is 2.06. The maximum absolute atomic E-state index is 10.7. The quantitative estimate of drug-likeness (QED) is 0.449. The molecule has 0 aromatic heterocycles. The molecule has 0 radical (unpaired) electrons. The number of carbonyl (C=O) groups is 1. The molecule has 2 atom stereocenters. The molecule has 2 rings (SSSR count). The van der Waals surface area contributed by atoms with Crippen LogP contribution in [0.15, 0.2) is 0 Å². The molecule has 2 N–H and O–H groups in total. The second-order valence-electron chi connectivity index (χ2n) is 2.93. The Morgan fingerprint density at radius 3 is 3.20 bits per heavy atom. The van der Waals surface area contributed by atoms with E-state index in [0.717, 1.165) is 6.42 Å². The maximum atomic E-state index is 10.7. The highest BCUT2D eigenvalue weighted by Gasteiger charge is 2.38. The third kappa shape index (κ3) is 0.803. The molecule has 10 heavy (non-hydrogen) atoms. The van der Waals surface area contributed by atoms with Crippen molar-refractivity contribution in [1.82, 2.24) is 10.4 Å². The second-order valence-corrected chi connectivity index (χ2v) is 2.93. The maximum Gasteiger partial charge on any atom is 0.235 e. The molecular formula is C6H10N2O2. The highest BCUT2D eigenvalue weighted by Crippen LogP contribution is 2.22. The van der Waals surface area contributed by atoms with Crippen molar-refractivity contribution in [3.63, 3.8) is 0 Å². The molecule has 2 saturated heterocycles. The molecule has 4 heteroatoms. The van der Waals surface area contributed by atoms with E-state index in [9.17, 15) is 4.79 Å². The van der Waals surface area contributed by atoms with Gasteiger partial charge in [0.2, 0.25) is 5.91 Å². The zero-order chi connectivity index (χ0) is 7.14. The van der Waals surface area contributed by atoms with Crippen molar-refractivity contribution in [1.29, 1.82) is 0 Å². The average Bonchev–Trinajstić information content (AvgIpc) is 2.21. The van der Waals surface area contributed by atoms with Crippen LogP contribution in [0.1, 0.15) is 12.8 Å². The van der Waals surface area contributed by atoms with Crippen LogP contribution in [-0.4, -0.2) is 34.7 Å². The predicted molar refractivity (Wildman–Crippen MR) is 33.9 cm³/mol. The minimum absolute atomic E-state index is 0.0805. The van der Waals surface area contributed by atoms with E-state index in [0.29, 0.717) is 13.0 Å². The van der Waals surface area contributed by atoms with Crippen LogP contribution in [0.4, 0.5) is 0 Å². The van der Waals surface area contributed by atoms with Gasteiger partial charge in [-0.05, 0) is 6.42 Å². The summed E-state index contributed by atoms with van der Waals surface area (Å²) >= 11 is 0. The first-order valence-electron chi connectivity index (χ1n) is 3.50. The fraction of sp³-hybridized carbons (Fsp3) is 0.833. The monoisotopic (exact) mass is 142 g/mol. The molecule has 4 nitrogen and oxygen atoms in total. The zero-order valence-corrected chi connectivity index (χ0v) is 5.58. The van der Waals surface area contributed by atoms with Gasteiger partial charge >= 0.3 is 0 Å². The van der Waals surface area contributed by atoms with Crippen LogP contribution in [-0.2, 0) is 4.79 Å². The van der Waals surface area contributed by atoms with Crippen LogP contribution < -0.4 is 5.43 Å². The molecule has 2 aliphatic rings. The van der Waals surface area contributed by atoms with Gasteiger partial charge in [0.1, 0.15) is 0 Å². The van der Waals surface area contributed by atoms with E-state index in [1.54, 1.807) is 0 Å². The molecular weight excluding hydrogens is 132 g/mol. The molecule has 0 saturated carbocycles. The van der Waals surface area contributed by atoms with Crippen LogP contribution in [0, 0.1) is 0 Å². The van der Waals surface area contributed by atoms with Crippen LogP contribution >= 0.6 is 0 Å². The van der Waals surface area contributed by atoms with Gasteiger partial charge in [0.25, 0.3) is 0 Å². The standard InChI is InChI=1S/C6H10N2O2/c9-5-1-4-2-6(10)7-8(4)3-5/h4-5,9H,1-3H2,(H,7,10)/t4-,5+/m1/s1. The lowest BCUT2D eigenvalue weighted by atomic mass is 10.1. The van der Waals surface area contributed by atoms with Crippen molar-refractivity contribution < 1.29 is 9.90 Å². The number of fused-ring (bicyclic) bond motifs is 1. The van der Waals surface area contributed by atoms with Crippen molar-refractivity contribution in [2.24, 2.45) is 0 Å². The zero-order valence-electron chi connectivity index (χ0n) is 5.58. The van der Waals surface area contributed by atoms with Gasteiger partial charge in [0.05, 0.1) is 6.10 Å². The summed E-state index contributed by atoms with van der Waals surface area (Å²) in [5, 5.41) is 11.0. The van der Waals surface area contributed by atoms with Gasteiger partial charge in [-0.3, -0.25) is 10.2 Å². The summed E-state index contributed by atoms with van der Waals surface area (Å²) in [4.78, 5) is 10.7. The van der Waals surface area contributed by atoms with Crippen LogP contribution in [0.25, 0.3) is 0 Å². The summed E-state index contributed by atoms with van der Waals surface area (Å²) in [6.07, 6.45) is 1.04. The van der Waals surface area contributed by atoms with E-state index >= 15 is 0 Å². The molecule has 0 aliphatic carbocycles. The molecule has 0 spiro atoms. The summed E-state index contributed by atoms with van der Waals surface area (Å²) in [6, 6.07) is 0.252. The van der Waals surface area contributed by atoms with Crippen molar-refractivity contribution in [2.75, 3.05) is 6.54 Å². The van der Waals surface area contributed by atoms with E-state index < -0.39 is 0 Å². The first-order chi connectivity index (χ1) is 4.75. The van der Waals surface area contributed by atoms with Crippen molar-refractivity contribution in [3.8, 4) is 0 Å². The molecule has 1 amide bonds. The van der Waals surface area contributed by atoms with Gasteiger partial charge in [-0.25, -0.2) is 5.01 Å². The highest BCUT2D eigenvalue weighted by molar-refractivity contribution is 5.78.